The zero-order valence-electron chi connectivity index (χ0n) is 13.6. The Labute approximate surface area is 144 Å². The largest absolute Gasteiger partial charge is 0.466 e. The number of carbonyl (C=O) groups is 1. The molecule has 1 amide bonds. The molecule has 0 fully saturated rings. The predicted molar refractivity (Wildman–Crippen MR) is 94.2 cm³/mol. The van der Waals surface area contributed by atoms with E-state index in [-0.39, 0.29) is 5.91 Å². The minimum Gasteiger partial charge on any atom is -0.466 e. The molecule has 2 aromatic heterocycles. The maximum Gasteiger partial charge on any atom is 0.251 e. The van der Waals surface area contributed by atoms with E-state index in [4.69, 9.17) is 4.42 Å². The van der Waals surface area contributed by atoms with Gasteiger partial charge in [0.15, 0.2) is 0 Å². The predicted octanol–water partition coefficient (Wildman–Crippen LogP) is 3.97. The van der Waals surface area contributed by atoms with Crippen LogP contribution in [0.3, 0.4) is 0 Å². The standard InChI is InChI=1S/C19H19NO3S/c1-12-5-7-15(13(2)10-12)19(22)20-11-14-6-8-17(24-14)18(21)16-4-3-9-23-16/h3-10,18,21H,11H2,1-2H3,(H,20,22). The van der Waals surface area contributed by atoms with E-state index < -0.39 is 6.10 Å². The molecule has 0 spiro atoms. The van der Waals surface area contributed by atoms with E-state index in [1.165, 1.54) is 17.6 Å². The number of rotatable bonds is 5. The van der Waals surface area contributed by atoms with Gasteiger partial charge in [-0.05, 0) is 49.7 Å². The smallest absolute Gasteiger partial charge is 0.251 e. The molecule has 1 unspecified atom stereocenters. The van der Waals surface area contributed by atoms with Crippen molar-refractivity contribution in [3.8, 4) is 0 Å². The van der Waals surface area contributed by atoms with Crippen molar-refractivity contribution in [3.63, 3.8) is 0 Å². The number of aliphatic hydroxyl groups excluding tert-OH is 1. The molecule has 2 heterocycles. The molecule has 1 atom stereocenters. The van der Waals surface area contributed by atoms with Gasteiger partial charge in [0.1, 0.15) is 11.9 Å². The molecular formula is C19H19NO3S. The van der Waals surface area contributed by atoms with Crippen LogP contribution in [0.2, 0.25) is 0 Å². The van der Waals surface area contributed by atoms with Crippen LogP contribution in [0, 0.1) is 13.8 Å². The summed E-state index contributed by atoms with van der Waals surface area (Å²) in [4.78, 5) is 14.1. The number of hydrogen-bond donors (Lipinski definition) is 2. The van der Waals surface area contributed by atoms with Gasteiger partial charge in [0.2, 0.25) is 0 Å². The van der Waals surface area contributed by atoms with Gasteiger partial charge in [-0.3, -0.25) is 4.79 Å². The van der Waals surface area contributed by atoms with Gasteiger partial charge < -0.3 is 14.8 Å². The Morgan fingerprint density at radius 2 is 2.08 bits per heavy atom. The molecular weight excluding hydrogens is 322 g/mol. The van der Waals surface area contributed by atoms with Gasteiger partial charge in [0.05, 0.1) is 12.8 Å². The number of benzene rings is 1. The van der Waals surface area contributed by atoms with Crippen molar-refractivity contribution in [3.05, 3.63) is 80.9 Å². The first-order valence-electron chi connectivity index (χ1n) is 7.70. The summed E-state index contributed by atoms with van der Waals surface area (Å²) in [5.74, 6) is 0.428. The number of furan rings is 1. The van der Waals surface area contributed by atoms with Crippen molar-refractivity contribution >= 4 is 17.2 Å². The number of thiophene rings is 1. The summed E-state index contributed by atoms with van der Waals surface area (Å²) in [7, 11) is 0. The van der Waals surface area contributed by atoms with E-state index in [0.29, 0.717) is 17.9 Å². The van der Waals surface area contributed by atoms with Crippen molar-refractivity contribution < 1.29 is 14.3 Å². The molecule has 5 heteroatoms. The number of carbonyl (C=O) groups excluding carboxylic acids is 1. The molecule has 0 aliphatic rings. The van der Waals surface area contributed by atoms with Crippen LogP contribution in [0.5, 0.6) is 0 Å². The SMILES string of the molecule is Cc1ccc(C(=O)NCc2ccc(C(O)c3ccco3)s2)c(C)c1. The summed E-state index contributed by atoms with van der Waals surface area (Å²) in [6, 6.07) is 13.0. The van der Waals surface area contributed by atoms with E-state index >= 15 is 0 Å². The zero-order chi connectivity index (χ0) is 17.1. The summed E-state index contributed by atoms with van der Waals surface area (Å²) in [5.41, 5.74) is 2.79. The Morgan fingerprint density at radius 1 is 1.25 bits per heavy atom. The molecule has 0 saturated carbocycles. The molecule has 0 bridgehead atoms. The van der Waals surface area contributed by atoms with Crippen LogP contribution < -0.4 is 5.32 Å². The molecule has 124 valence electrons. The first-order chi connectivity index (χ1) is 11.5. The maximum absolute atomic E-state index is 12.3. The van der Waals surface area contributed by atoms with Crippen molar-refractivity contribution in [1.29, 1.82) is 0 Å². The summed E-state index contributed by atoms with van der Waals surface area (Å²) in [6.45, 7) is 4.37. The number of aliphatic hydroxyl groups is 1. The molecule has 0 aliphatic heterocycles. The fraction of sp³-hybridized carbons (Fsp3) is 0.211. The van der Waals surface area contributed by atoms with Crippen molar-refractivity contribution in [1.82, 2.24) is 5.32 Å². The van der Waals surface area contributed by atoms with Crippen LogP contribution in [0.25, 0.3) is 0 Å². The van der Waals surface area contributed by atoms with Crippen LogP contribution in [-0.2, 0) is 6.54 Å². The summed E-state index contributed by atoms with van der Waals surface area (Å²) >= 11 is 1.46. The first-order valence-corrected chi connectivity index (χ1v) is 8.52. The number of hydrogen-bond acceptors (Lipinski definition) is 4. The van der Waals surface area contributed by atoms with Crippen LogP contribution >= 0.6 is 11.3 Å². The van der Waals surface area contributed by atoms with Crippen LogP contribution in [0.1, 0.15) is 43.1 Å². The van der Waals surface area contributed by atoms with Crippen molar-refractivity contribution in [2.24, 2.45) is 0 Å². The third-order valence-corrected chi connectivity index (χ3v) is 4.95. The number of nitrogens with one attached hydrogen (secondary N) is 1. The molecule has 0 saturated heterocycles. The van der Waals surface area contributed by atoms with Gasteiger partial charge in [0.25, 0.3) is 5.91 Å². The molecule has 4 nitrogen and oxygen atoms in total. The van der Waals surface area contributed by atoms with Gasteiger partial charge >= 0.3 is 0 Å². The van der Waals surface area contributed by atoms with Crippen molar-refractivity contribution in [2.75, 3.05) is 0 Å². The van der Waals surface area contributed by atoms with Gasteiger partial charge in [-0.2, -0.15) is 0 Å². The van der Waals surface area contributed by atoms with E-state index in [0.717, 1.165) is 20.9 Å². The van der Waals surface area contributed by atoms with Crippen LogP contribution in [0.4, 0.5) is 0 Å². The van der Waals surface area contributed by atoms with Gasteiger partial charge in [0, 0.05) is 15.3 Å². The third-order valence-electron chi connectivity index (χ3n) is 3.81. The number of amides is 1. The molecule has 3 aromatic rings. The zero-order valence-corrected chi connectivity index (χ0v) is 14.4. The summed E-state index contributed by atoms with van der Waals surface area (Å²) in [6.07, 6.45) is 0.769. The van der Waals surface area contributed by atoms with Gasteiger partial charge in [-0.15, -0.1) is 11.3 Å². The monoisotopic (exact) mass is 341 g/mol. The highest BCUT2D eigenvalue weighted by Gasteiger charge is 2.16. The Kier molecular flexibility index (Phi) is 4.83. The fourth-order valence-corrected chi connectivity index (χ4v) is 3.50. The van der Waals surface area contributed by atoms with Gasteiger partial charge in [-0.25, -0.2) is 0 Å². The van der Waals surface area contributed by atoms with Crippen LogP contribution in [0.15, 0.2) is 53.1 Å². The minimum absolute atomic E-state index is 0.0889. The molecule has 2 N–H and O–H groups in total. The average Bonchev–Trinajstić information content (AvgIpc) is 3.24. The summed E-state index contributed by atoms with van der Waals surface area (Å²) < 4.78 is 5.22. The Morgan fingerprint density at radius 3 is 2.79 bits per heavy atom. The second-order valence-electron chi connectivity index (χ2n) is 5.72. The van der Waals surface area contributed by atoms with Gasteiger partial charge in [-0.1, -0.05) is 17.7 Å². The molecule has 3 rings (SSSR count). The van der Waals surface area contributed by atoms with E-state index in [9.17, 15) is 9.90 Å². The second kappa shape index (κ2) is 7.03. The lowest BCUT2D eigenvalue weighted by atomic mass is 10.1. The Bertz CT molecular complexity index is 836. The highest BCUT2D eigenvalue weighted by molar-refractivity contribution is 7.12. The fourth-order valence-electron chi connectivity index (χ4n) is 2.55. The van der Waals surface area contributed by atoms with Crippen molar-refractivity contribution in [2.45, 2.75) is 26.5 Å². The summed E-state index contributed by atoms with van der Waals surface area (Å²) in [5, 5.41) is 13.2. The normalized spacial score (nSPS) is 12.1. The maximum atomic E-state index is 12.3. The van der Waals surface area contributed by atoms with E-state index in [1.807, 2.05) is 44.2 Å². The topological polar surface area (TPSA) is 62.5 Å². The third kappa shape index (κ3) is 3.58. The quantitative estimate of drug-likeness (QED) is 0.738. The molecule has 1 aromatic carbocycles. The van der Waals surface area contributed by atoms with E-state index in [1.54, 1.807) is 12.1 Å². The average molecular weight is 341 g/mol. The highest BCUT2D eigenvalue weighted by atomic mass is 32.1. The van der Waals surface area contributed by atoms with E-state index in [2.05, 4.69) is 5.32 Å². The minimum atomic E-state index is -0.770. The lowest BCUT2D eigenvalue weighted by Crippen LogP contribution is -2.23. The molecule has 24 heavy (non-hydrogen) atoms. The lowest BCUT2D eigenvalue weighted by molar-refractivity contribution is 0.0950. The molecule has 0 aliphatic carbocycles. The Balaban J connectivity index is 1.64. The van der Waals surface area contributed by atoms with Crippen LogP contribution in [-0.4, -0.2) is 11.0 Å². The first kappa shape index (κ1) is 16.5. The number of aryl methyl sites for hydroxylation is 2. The second-order valence-corrected chi connectivity index (χ2v) is 6.92. The Hall–Kier alpha value is -2.37. The lowest BCUT2D eigenvalue weighted by Gasteiger charge is -2.08. The highest BCUT2D eigenvalue weighted by Crippen LogP contribution is 2.28. The molecule has 0 radical (unpaired) electrons.